The van der Waals surface area contributed by atoms with Gasteiger partial charge < -0.3 is 15.1 Å². The van der Waals surface area contributed by atoms with Crippen molar-refractivity contribution >= 4 is 12.1 Å². The predicted molar refractivity (Wildman–Crippen MR) is 65.4 cm³/mol. The van der Waals surface area contributed by atoms with E-state index in [1.807, 2.05) is 0 Å². The molecule has 1 aliphatic rings. The van der Waals surface area contributed by atoms with E-state index >= 15 is 0 Å². The van der Waals surface area contributed by atoms with Gasteiger partial charge in [-0.05, 0) is 24.1 Å². The standard InChI is InChI=1S/C13H12F3NO4/c14-13(15,16)10-5-7(11(18)19)1-2-9(10)8-3-4-17(6-8)12(20)21/h1-2,5,8H,3-4,6H2,(H,18,19)(H,20,21). The maximum Gasteiger partial charge on any atom is 0.416 e. The van der Waals surface area contributed by atoms with Crippen molar-refractivity contribution in [2.75, 3.05) is 13.1 Å². The molecule has 1 aromatic carbocycles. The molecular formula is C13H12F3NO4. The summed E-state index contributed by atoms with van der Waals surface area (Å²) in [6, 6.07) is 2.83. The van der Waals surface area contributed by atoms with Crippen molar-refractivity contribution in [3.05, 3.63) is 34.9 Å². The third kappa shape index (κ3) is 3.09. The first-order valence-electron chi connectivity index (χ1n) is 6.12. The Hall–Kier alpha value is -2.25. The van der Waals surface area contributed by atoms with Gasteiger partial charge in [0.15, 0.2) is 0 Å². The van der Waals surface area contributed by atoms with Gasteiger partial charge in [-0.2, -0.15) is 13.2 Å². The van der Waals surface area contributed by atoms with Gasteiger partial charge in [0.2, 0.25) is 0 Å². The second-order valence-corrected chi connectivity index (χ2v) is 4.82. The smallest absolute Gasteiger partial charge is 0.416 e. The number of carboxylic acids is 1. The van der Waals surface area contributed by atoms with Crippen molar-refractivity contribution in [2.24, 2.45) is 0 Å². The van der Waals surface area contributed by atoms with E-state index in [1.165, 1.54) is 0 Å². The van der Waals surface area contributed by atoms with Crippen LogP contribution < -0.4 is 0 Å². The summed E-state index contributed by atoms with van der Waals surface area (Å²) >= 11 is 0. The summed E-state index contributed by atoms with van der Waals surface area (Å²) in [5.74, 6) is -2.02. The maximum absolute atomic E-state index is 13.1. The lowest BCUT2D eigenvalue weighted by Gasteiger charge is -2.18. The van der Waals surface area contributed by atoms with Crippen LogP contribution in [0.2, 0.25) is 0 Å². The third-order valence-corrected chi connectivity index (χ3v) is 3.50. The zero-order valence-corrected chi connectivity index (χ0v) is 10.7. The van der Waals surface area contributed by atoms with Crippen LogP contribution in [0.5, 0.6) is 0 Å². The Morgan fingerprint density at radius 2 is 1.90 bits per heavy atom. The number of carboxylic acid groups (broad SMARTS) is 2. The topological polar surface area (TPSA) is 77.8 Å². The molecule has 1 unspecified atom stereocenters. The maximum atomic E-state index is 13.1. The number of carbonyl (C=O) groups is 2. The van der Waals surface area contributed by atoms with E-state index in [9.17, 15) is 22.8 Å². The summed E-state index contributed by atoms with van der Waals surface area (Å²) in [6.07, 6.45) is -5.58. The Kier molecular flexibility index (Phi) is 3.80. The molecule has 8 heteroatoms. The van der Waals surface area contributed by atoms with E-state index in [2.05, 4.69) is 0 Å². The highest BCUT2D eigenvalue weighted by Crippen LogP contribution is 2.38. The number of hydrogen-bond acceptors (Lipinski definition) is 2. The SMILES string of the molecule is O=C(O)c1ccc(C2CCN(C(=O)O)C2)c(C(F)(F)F)c1. The molecule has 2 N–H and O–H groups in total. The molecule has 1 atom stereocenters. The molecule has 0 aromatic heterocycles. The van der Waals surface area contributed by atoms with Crippen molar-refractivity contribution in [3.8, 4) is 0 Å². The van der Waals surface area contributed by atoms with Crippen LogP contribution in [-0.4, -0.2) is 40.3 Å². The number of halogens is 3. The molecule has 5 nitrogen and oxygen atoms in total. The average molecular weight is 303 g/mol. The average Bonchev–Trinajstić information content (AvgIpc) is 2.86. The Morgan fingerprint density at radius 1 is 1.24 bits per heavy atom. The van der Waals surface area contributed by atoms with Crippen LogP contribution in [0.25, 0.3) is 0 Å². The Morgan fingerprint density at radius 3 is 2.38 bits per heavy atom. The van der Waals surface area contributed by atoms with Gasteiger partial charge in [-0.3, -0.25) is 0 Å². The van der Waals surface area contributed by atoms with Crippen LogP contribution in [0.3, 0.4) is 0 Å². The van der Waals surface area contributed by atoms with Gasteiger partial charge in [-0.15, -0.1) is 0 Å². The summed E-state index contributed by atoms with van der Waals surface area (Å²) in [6.45, 7) is 0.142. The molecule has 1 aromatic rings. The van der Waals surface area contributed by atoms with Crippen LogP contribution in [-0.2, 0) is 6.18 Å². The van der Waals surface area contributed by atoms with E-state index in [4.69, 9.17) is 10.2 Å². The van der Waals surface area contributed by atoms with Crippen LogP contribution in [0.1, 0.15) is 33.8 Å². The quantitative estimate of drug-likeness (QED) is 0.880. The van der Waals surface area contributed by atoms with E-state index in [0.29, 0.717) is 6.07 Å². The van der Waals surface area contributed by atoms with E-state index in [1.54, 1.807) is 0 Å². The molecule has 0 spiro atoms. The zero-order chi connectivity index (χ0) is 15.8. The van der Waals surface area contributed by atoms with Crippen LogP contribution in [0, 0.1) is 0 Å². The number of aromatic carboxylic acids is 1. The highest BCUT2D eigenvalue weighted by Gasteiger charge is 2.38. The lowest BCUT2D eigenvalue weighted by molar-refractivity contribution is -0.138. The number of amides is 1. The zero-order valence-electron chi connectivity index (χ0n) is 10.7. The van der Waals surface area contributed by atoms with Crippen LogP contribution in [0.4, 0.5) is 18.0 Å². The third-order valence-electron chi connectivity index (χ3n) is 3.50. The van der Waals surface area contributed by atoms with Gasteiger partial charge in [0.25, 0.3) is 0 Å². The lowest BCUT2D eigenvalue weighted by Crippen LogP contribution is -2.26. The fraction of sp³-hybridized carbons (Fsp3) is 0.385. The summed E-state index contributed by atoms with van der Waals surface area (Å²) in [5.41, 5.74) is -1.52. The molecule has 2 rings (SSSR count). The molecular weight excluding hydrogens is 291 g/mol. The molecule has 0 saturated carbocycles. The minimum Gasteiger partial charge on any atom is -0.478 e. The lowest BCUT2D eigenvalue weighted by atomic mass is 9.91. The Bertz CT molecular complexity index is 585. The molecule has 0 bridgehead atoms. The summed E-state index contributed by atoms with van der Waals surface area (Å²) in [7, 11) is 0. The number of rotatable bonds is 2. The monoisotopic (exact) mass is 303 g/mol. The molecule has 1 aliphatic heterocycles. The van der Waals surface area contributed by atoms with Gasteiger partial charge >= 0.3 is 18.2 Å². The minimum atomic E-state index is -4.68. The summed E-state index contributed by atoms with van der Waals surface area (Å²) < 4.78 is 39.2. The van der Waals surface area contributed by atoms with E-state index in [-0.39, 0.29) is 25.1 Å². The highest BCUT2D eigenvalue weighted by molar-refractivity contribution is 5.88. The fourth-order valence-corrected chi connectivity index (χ4v) is 2.48. The van der Waals surface area contributed by atoms with Crippen LogP contribution in [0.15, 0.2) is 18.2 Å². The minimum absolute atomic E-state index is 0.0230. The Balaban J connectivity index is 2.40. The number of nitrogens with zero attached hydrogens (tertiary/aromatic N) is 1. The van der Waals surface area contributed by atoms with Gasteiger partial charge in [-0.1, -0.05) is 6.07 Å². The molecule has 1 heterocycles. The summed E-state index contributed by atoms with van der Waals surface area (Å²) in [5, 5.41) is 17.6. The van der Waals surface area contributed by atoms with Gasteiger partial charge in [0.05, 0.1) is 11.1 Å². The molecule has 21 heavy (non-hydrogen) atoms. The normalized spacial score (nSPS) is 18.8. The van der Waals surface area contributed by atoms with Gasteiger partial charge in [-0.25, -0.2) is 9.59 Å². The van der Waals surface area contributed by atoms with Crippen molar-refractivity contribution in [1.29, 1.82) is 0 Å². The highest BCUT2D eigenvalue weighted by atomic mass is 19.4. The molecule has 1 fully saturated rings. The van der Waals surface area contributed by atoms with Crippen molar-refractivity contribution < 1.29 is 33.0 Å². The first-order valence-corrected chi connectivity index (χ1v) is 6.12. The first-order chi connectivity index (χ1) is 9.70. The molecule has 0 radical (unpaired) electrons. The molecule has 1 saturated heterocycles. The second kappa shape index (κ2) is 5.27. The second-order valence-electron chi connectivity index (χ2n) is 4.82. The molecule has 0 aliphatic carbocycles. The summed E-state index contributed by atoms with van der Waals surface area (Å²) in [4.78, 5) is 22.7. The predicted octanol–water partition coefficient (Wildman–Crippen LogP) is 2.87. The Labute approximate surface area is 117 Å². The van der Waals surface area contributed by atoms with Gasteiger partial charge in [0, 0.05) is 19.0 Å². The van der Waals surface area contributed by atoms with Gasteiger partial charge in [0.1, 0.15) is 0 Å². The van der Waals surface area contributed by atoms with Crippen molar-refractivity contribution in [2.45, 2.75) is 18.5 Å². The fourth-order valence-electron chi connectivity index (χ4n) is 2.48. The number of hydrogen-bond donors (Lipinski definition) is 2. The number of alkyl halides is 3. The first kappa shape index (κ1) is 15.1. The van der Waals surface area contributed by atoms with Crippen molar-refractivity contribution in [3.63, 3.8) is 0 Å². The largest absolute Gasteiger partial charge is 0.478 e. The number of likely N-dealkylation sites (tertiary alicyclic amines) is 1. The number of benzene rings is 1. The van der Waals surface area contributed by atoms with Crippen molar-refractivity contribution in [1.82, 2.24) is 4.90 Å². The van der Waals surface area contributed by atoms with E-state index in [0.717, 1.165) is 17.0 Å². The molecule has 114 valence electrons. The van der Waals surface area contributed by atoms with Crippen LogP contribution >= 0.6 is 0 Å². The van der Waals surface area contributed by atoms with E-state index < -0.39 is 35.3 Å². The molecule has 1 amide bonds.